The average molecular weight is 256 g/mol. The van der Waals surface area contributed by atoms with Crippen LogP contribution >= 0.6 is 0 Å². The molecule has 0 aromatic carbocycles. The molecule has 2 fully saturated rings. The normalized spacial score (nSPS) is 29.5. The van der Waals surface area contributed by atoms with E-state index in [9.17, 15) is 4.79 Å². The van der Waals surface area contributed by atoms with Crippen molar-refractivity contribution in [1.29, 1.82) is 0 Å². The van der Waals surface area contributed by atoms with Gasteiger partial charge in [0.25, 0.3) is 0 Å². The Morgan fingerprint density at radius 2 is 1.89 bits per heavy atom. The molecule has 0 aromatic heterocycles. The Balaban J connectivity index is 1.65. The number of carbonyl (C=O) groups excluding carboxylic acids is 1. The van der Waals surface area contributed by atoms with Crippen molar-refractivity contribution >= 4 is 6.09 Å². The van der Waals surface area contributed by atoms with Gasteiger partial charge in [-0.3, -0.25) is 4.90 Å². The molecule has 1 saturated heterocycles. The van der Waals surface area contributed by atoms with E-state index in [1.165, 1.54) is 0 Å². The molecule has 5 nitrogen and oxygen atoms in total. The van der Waals surface area contributed by atoms with Crippen molar-refractivity contribution < 1.29 is 14.3 Å². The fourth-order valence-corrected chi connectivity index (χ4v) is 2.42. The number of carbonyl (C=O) groups is 1. The van der Waals surface area contributed by atoms with Crippen LogP contribution in [0.15, 0.2) is 0 Å². The van der Waals surface area contributed by atoms with Gasteiger partial charge in [0.15, 0.2) is 0 Å². The monoisotopic (exact) mass is 256 g/mol. The number of morpholine rings is 1. The lowest BCUT2D eigenvalue weighted by atomic mass is 9.85. The quantitative estimate of drug-likeness (QED) is 0.811. The van der Waals surface area contributed by atoms with Crippen LogP contribution in [0.5, 0.6) is 0 Å². The smallest absolute Gasteiger partial charge is 0.407 e. The predicted molar refractivity (Wildman–Crippen MR) is 68.6 cm³/mol. The van der Waals surface area contributed by atoms with Crippen LogP contribution in [0.1, 0.15) is 33.6 Å². The maximum absolute atomic E-state index is 11.6. The first kappa shape index (κ1) is 13.6. The number of rotatable bonds is 2. The van der Waals surface area contributed by atoms with Gasteiger partial charge >= 0.3 is 6.09 Å². The second-order valence-electron chi connectivity index (χ2n) is 6.12. The van der Waals surface area contributed by atoms with Gasteiger partial charge in [-0.1, -0.05) is 0 Å². The van der Waals surface area contributed by atoms with Gasteiger partial charge < -0.3 is 14.8 Å². The molecule has 104 valence electrons. The van der Waals surface area contributed by atoms with Crippen molar-refractivity contribution in [3.8, 4) is 0 Å². The van der Waals surface area contributed by atoms with Crippen LogP contribution in [0.4, 0.5) is 4.79 Å². The molecule has 0 aromatic rings. The van der Waals surface area contributed by atoms with Crippen molar-refractivity contribution in [1.82, 2.24) is 10.2 Å². The van der Waals surface area contributed by atoms with E-state index in [1.807, 2.05) is 20.8 Å². The van der Waals surface area contributed by atoms with E-state index >= 15 is 0 Å². The highest BCUT2D eigenvalue weighted by Crippen LogP contribution is 2.26. The zero-order valence-electron chi connectivity index (χ0n) is 11.6. The first-order valence-corrected chi connectivity index (χ1v) is 6.75. The molecule has 1 aliphatic heterocycles. The maximum Gasteiger partial charge on any atom is 0.407 e. The highest BCUT2D eigenvalue weighted by molar-refractivity contribution is 5.68. The van der Waals surface area contributed by atoms with E-state index in [0.717, 1.165) is 39.1 Å². The number of hydrogen-bond acceptors (Lipinski definition) is 4. The fraction of sp³-hybridized carbons (Fsp3) is 0.923. The van der Waals surface area contributed by atoms with E-state index < -0.39 is 5.60 Å². The molecule has 1 N–H and O–H groups in total. The van der Waals surface area contributed by atoms with Gasteiger partial charge in [-0.25, -0.2) is 4.79 Å². The summed E-state index contributed by atoms with van der Waals surface area (Å²) in [5.74, 6) is 0. The molecule has 0 spiro atoms. The Hall–Kier alpha value is -0.810. The molecule has 1 aliphatic carbocycles. The lowest BCUT2D eigenvalue weighted by Crippen LogP contribution is -2.56. The van der Waals surface area contributed by atoms with Gasteiger partial charge in [-0.15, -0.1) is 0 Å². The van der Waals surface area contributed by atoms with Gasteiger partial charge in [-0.05, 0) is 33.6 Å². The standard InChI is InChI=1S/C13H24N2O3/c1-13(2,3)18-12(16)14-10-8-11(9-10)15-4-6-17-7-5-15/h10-11H,4-9H2,1-3H3,(H,14,16). The summed E-state index contributed by atoms with van der Waals surface area (Å²) >= 11 is 0. The Labute approximate surface area is 109 Å². The molecule has 0 unspecified atom stereocenters. The minimum atomic E-state index is -0.419. The predicted octanol–water partition coefficient (Wildman–Crippen LogP) is 1.37. The average Bonchev–Trinajstić information content (AvgIpc) is 2.21. The van der Waals surface area contributed by atoms with Crippen LogP contribution in [0.2, 0.25) is 0 Å². The lowest BCUT2D eigenvalue weighted by Gasteiger charge is -2.44. The SMILES string of the molecule is CC(C)(C)OC(=O)NC1CC(N2CCOCC2)C1. The molecule has 0 bridgehead atoms. The Bertz CT molecular complexity index is 289. The van der Waals surface area contributed by atoms with Gasteiger partial charge in [0, 0.05) is 25.2 Å². The van der Waals surface area contributed by atoms with Gasteiger partial charge in [0.2, 0.25) is 0 Å². The molecule has 0 radical (unpaired) electrons. The molecular weight excluding hydrogens is 232 g/mol. The summed E-state index contributed by atoms with van der Waals surface area (Å²) in [6, 6.07) is 0.876. The third-order valence-corrected chi connectivity index (χ3v) is 3.40. The highest BCUT2D eigenvalue weighted by atomic mass is 16.6. The highest BCUT2D eigenvalue weighted by Gasteiger charge is 2.35. The van der Waals surface area contributed by atoms with Gasteiger partial charge in [-0.2, -0.15) is 0 Å². The zero-order valence-corrected chi connectivity index (χ0v) is 11.6. The zero-order chi connectivity index (χ0) is 13.2. The molecule has 5 heteroatoms. The lowest BCUT2D eigenvalue weighted by molar-refractivity contribution is -0.0123. The van der Waals surface area contributed by atoms with Crippen LogP contribution in [0.3, 0.4) is 0 Å². The van der Waals surface area contributed by atoms with Crippen molar-refractivity contribution in [3.63, 3.8) is 0 Å². The third kappa shape index (κ3) is 3.85. The molecule has 0 atom stereocenters. The molecule has 1 saturated carbocycles. The number of nitrogens with zero attached hydrogens (tertiary/aromatic N) is 1. The number of amides is 1. The van der Waals surface area contributed by atoms with Crippen LogP contribution in [-0.2, 0) is 9.47 Å². The van der Waals surface area contributed by atoms with E-state index in [-0.39, 0.29) is 12.1 Å². The van der Waals surface area contributed by atoms with Gasteiger partial charge in [0.1, 0.15) is 5.60 Å². The summed E-state index contributed by atoms with van der Waals surface area (Å²) in [6.07, 6.45) is 1.76. The van der Waals surface area contributed by atoms with Crippen LogP contribution < -0.4 is 5.32 Å². The summed E-state index contributed by atoms with van der Waals surface area (Å²) in [5.41, 5.74) is -0.419. The molecule has 2 aliphatic rings. The molecule has 2 rings (SSSR count). The van der Waals surface area contributed by atoms with Gasteiger partial charge in [0.05, 0.1) is 13.2 Å². The van der Waals surface area contributed by atoms with E-state index in [1.54, 1.807) is 0 Å². The fourth-order valence-electron chi connectivity index (χ4n) is 2.42. The Morgan fingerprint density at radius 1 is 1.28 bits per heavy atom. The van der Waals surface area contributed by atoms with E-state index in [2.05, 4.69) is 10.2 Å². The largest absolute Gasteiger partial charge is 0.444 e. The van der Waals surface area contributed by atoms with Crippen molar-refractivity contribution in [2.45, 2.75) is 51.3 Å². The summed E-state index contributed by atoms with van der Waals surface area (Å²) in [7, 11) is 0. The number of hydrogen-bond donors (Lipinski definition) is 1. The van der Waals surface area contributed by atoms with Crippen LogP contribution in [-0.4, -0.2) is 55.0 Å². The first-order valence-electron chi connectivity index (χ1n) is 6.75. The molecule has 18 heavy (non-hydrogen) atoms. The summed E-state index contributed by atoms with van der Waals surface area (Å²) in [6.45, 7) is 9.34. The van der Waals surface area contributed by atoms with E-state index in [4.69, 9.17) is 9.47 Å². The van der Waals surface area contributed by atoms with Crippen molar-refractivity contribution in [3.05, 3.63) is 0 Å². The molecular formula is C13H24N2O3. The molecule has 1 amide bonds. The summed E-state index contributed by atoms with van der Waals surface area (Å²) in [5, 5.41) is 2.92. The number of ether oxygens (including phenoxy) is 2. The minimum absolute atomic E-state index is 0.271. The minimum Gasteiger partial charge on any atom is -0.444 e. The Morgan fingerprint density at radius 3 is 2.44 bits per heavy atom. The summed E-state index contributed by atoms with van der Waals surface area (Å²) < 4.78 is 10.6. The van der Waals surface area contributed by atoms with Crippen molar-refractivity contribution in [2.24, 2.45) is 0 Å². The van der Waals surface area contributed by atoms with E-state index in [0.29, 0.717) is 6.04 Å². The number of nitrogens with one attached hydrogen (secondary N) is 1. The van der Waals surface area contributed by atoms with Crippen molar-refractivity contribution in [2.75, 3.05) is 26.3 Å². The maximum atomic E-state index is 11.6. The topological polar surface area (TPSA) is 50.8 Å². The van der Waals surface area contributed by atoms with Crippen LogP contribution in [0.25, 0.3) is 0 Å². The second kappa shape index (κ2) is 5.45. The summed E-state index contributed by atoms with van der Waals surface area (Å²) in [4.78, 5) is 14.0. The molecule has 1 heterocycles. The Kier molecular flexibility index (Phi) is 4.12. The first-order chi connectivity index (χ1) is 8.44. The number of alkyl carbamates (subject to hydrolysis) is 1. The van der Waals surface area contributed by atoms with Crippen LogP contribution in [0, 0.1) is 0 Å². The second-order valence-corrected chi connectivity index (χ2v) is 6.12. The third-order valence-electron chi connectivity index (χ3n) is 3.40.